The Morgan fingerprint density at radius 1 is 1.10 bits per heavy atom. The molecule has 0 spiro atoms. The molecule has 0 unspecified atom stereocenters. The van der Waals surface area contributed by atoms with Gasteiger partial charge in [-0.15, -0.1) is 24.0 Å². The van der Waals surface area contributed by atoms with Gasteiger partial charge in [0.2, 0.25) is 0 Å². The molecule has 1 aliphatic rings. The molecule has 2 rings (SSSR count). The summed E-state index contributed by atoms with van der Waals surface area (Å²) in [6, 6.07) is 5.60. The fourth-order valence-electron chi connectivity index (χ4n) is 3.27. The van der Waals surface area contributed by atoms with E-state index in [1.165, 1.54) is 12.1 Å². The Bertz CT molecular complexity index is 637. The van der Waals surface area contributed by atoms with Crippen molar-refractivity contribution >= 4 is 35.6 Å². The number of halogens is 4. The fraction of sp³-hybridized carbons (Fsp3) is 0.650. The number of benzene rings is 1. The van der Waals surface area contributed by atoms with Crippen molar-refractivity contribution in [1.29, 1.82) is 0 Å². The summed E-state index contributed by atoms with van der Waals surface area (Å²) in [5, 5.41) is 6.45. The Hall–Kier alpha value is -1.27. The standard InChI is InChI=1S/C20H32F3N5O.HI/c1-24-19(26-9-15-29-2)25-8-3-4-10-27-11-13-28(14-12-27)18-7-5-6-17(16-18)20(21,22)23;/h5-7,16H,3-4,8-15H2,1-2H3,(H2,24,25,26);1H. The zero-order chi connectivity index (χ0) is 21.1. The largest absolute Gasteiger partial charge is 0.416 e. The van der Waals surface area contributed by atoms with Crippen LogP contribution in [0.1, 0.15) is 18.4 Å². The van der Waals surface area contributed by atoms with Crippen LogP contribution in [-0.4, -0.2) is 77.4 Å². The first-order valence-electron chi connectivity index (χ1n) is 10.0. The number of methoxy groups -OCH3 is 1. The Morgan fingerprint density at radius 3 is 2.43 bits per heavy atom. The molecule has 0 radical (unpaired) electrons. The number of ether oxygens (including phenoxy) is 1. The van der Waals surface area contributed by atoms with Gasteiger partial charge in [0.15, 0.2) is 5.96 Å². The predicted octanol–water partition coefficient (Wildman–Crippen LogP) is 3.04. The molecule has 1 aliphatic heterocycles. The number of alkyl halides is 3. The van der Waals surface area contributed by atoms with Gasteiger partial charge < -0.3 is 20.3 Å². The van der Waals surface area contributed by atoms with E-state index < -0.39 is 11.7 Å². The number of aliphatic imine (C=N–C) groups is 1. The molecule has 172 valence electrons. The molecule has 0 bridgehead atoms. The summed E-state index contributed by atoms with van der Waals surface area (Å²) in [5.41, 5.74) is 0.0626. The van der Waals surface area contributed by atoms with E-state index in [0.29, 0.717) is 18.8 Å². The van der Waals surface area contributed by atoms with E-state index in [4.69, 9.17) is 4.74 Å². The van der Waals surface area contributed by atoms with Crippen LogP contribution in [-0.2, 0) is 10.9 Å². The van der Waals surface area contributed by atoms with Crippen LogP contribution < -0.4 is 15.5 Å². The van der Waals surface area contributed by atoms with Crippen LogP contribution in [0.5, 0.6) is 0 Å². The molecule has 1 saturated heterocycles. The lowest BCUT2D eigenvalue weighted by Gasteiger charge is -2.36. The molecule has 1 fully saturated rings. The van der Waals surface area contributed by atoms with E-state index >= 15 is 0 Å². The Labute approximate surface area is 194 Å². The lowest BCUT2D eigenvalue weighted by Crippen LogP contribution is -2.46. The Balaban J connectivity index is 0.00000450. The van der Waals surface area contributed by atoms with Crippen LogP contribution in [0.4, 0.5) is 18.9 Å². The van der Waals surface area contributed by atoms with Gasteiger partial charge in [-0.05, 0) is 37.6 Å². The number of nitrogens with zero attached hydrogens (tertiary/aromatic N) is 3. The van der Waals surface area contributed by atoms with Crippen molar-refractivity contribution in [3.63, 3.8) is 0 Å². The highest BCUT2D eigenvalue weighted by atomic mass is 127. The maximum atomic E-state index is 12.9. The van der Waals surface area contributed by atoms with Crippen molar-refractivity contribution in [2.24, 2.45) is 4.99 Å². The summed E-state index contributed by atoms with van der Waals surface area (Å²) in [4.78, 5) is 8.56. The summed E-state index contributed by atoms with van der Waals surface area (Å²) in [6.45, 7) is 6.41. The summed E-state index contributed by atoms with van der Waals surface area (Å²) < 4.78 is 43.7. The fourth-order valence-corrected chi connectivity index (χ4v) is 3.27. The second kappa shape index (κ2) is 13.9. The van der Waals surface area contributed by atoms with E-state index in [-0.39, 0.29) is 24.0 Å². The van der Waals surface area contributed by atoms with E-state index in [2.05, 4.69) is 20.5 Å². The lowest BCUT2D eigenvalue weighted by atomic mass is 10.1. The van der Waals surface area contributed by atoms with Crippen molar-refractivity contribution in [2.45, 2.75) is 19.0 Å². The quantitative estimate of drug-likeness (QED) is 0.217. The minimum absolute atomic E-state index is 0. The van der Waals surface area contributed by atoms with Crippen LogP contribution >= 0.6 is 24.0 Å². The predicted molar refractivity (Wildman–Crippen MR) is 126 cm³/mol. The maximum absolute atomic E-state index is 12.9. The van der Waals surface area contributed by atoms with Crippen LogP contribution in [0.25, 0.3) is 0 Å². The van der Waals surface area contributed by atoms with Gasteiger partial charge in [0.05, 0.1) is 12.2 Å². The molecule has 2 N–H and O–H groups in total. The molecular formula is C20H33F3IN5O. The highest BCUT2D eigenvalue weighted by Gasteiger charge is 2.31. The lowest BCUT2D eigenvalue weighted by molar-refractivity contribution is -0.137. The van der Waals surface area contributed by atoms with Crippen molar-refractivity contribution < 1.29 is 17.9 Å². The zero-order valence-electron chi connectivity index (χ0n) is 17.7. The first-order chi connectivity index (χ1) is 13.9. The summed E-state index contributed by atoms with van der Waals surface area (Å²) in [5.74, 6) is 0.775. The molecule has 1 heterocycles. The van der Waals surface area contributed by atoms with Gasteiger partial charge in [-0.3, -0.25) is 9.89 Å². The van der Waals surface area contributed by atoms with Gasteiger partial charge in [-0.2, -0.15) is 13.2 Å². The molecule has 0 aliphatic carbocycles. The van der Waals surface area contributed by atoms with E-state index in [1.54, 1.807) is 20.2 Å². The van der Waals surface area contributed by atoms with Crippen molar-refractivity contribution in [1.82, 2.24) is 15.5 Å². The monoisotopic (exact) mass is 543 g/mol. The Morgan fingerprint density at radius 2 is 1.80 bits per heavy atom. The highest BCUT2D eigenvalue weighted by Crippen LogP contribution is 2.31. The molecule has 0 saturated carbocycles. The van der Waals surface area contributed by atoms with Gasteiger partial charge >= 0.3 is 6.18 Å². The van der Waals surface area contributed by atoms with Crippen LogP contribution in [0.15, 0.2) is 29.3 Å². The molecule has 30 heavy (non-hydrogen) atoms. The third-order valence-corrected chi connectivity index (χ3v) is 4.93. The number of guanidine groups is 1. The molecule has 0 amide bonds. The molecule has 0 atom stereocenters. The molecule has 1 aromatic carbocycles. The van der Waals surface area contributed by atoms with Gasteiger partial charge in [0.1, 0.15) is 0 Å². The average molecular weight is 543 g/mol. The minimum Gasteiger partial charge on any atom is -0.383 e. The van der Waals surface area contributed by atoms with Gasteiger partial charge in [-0.1, -0.05) is 6.07 Å². The smallest absolute Gasteiger partial charge is 0.383 e. The molecule has 10 heteroatoms. The van der Waals surface area contributed by atoms with Crippen molar-refractivity contribution in [2.75, 3.05) is 71.5 Å². The maximum Gasteiger partial charge on any atom is 0.416 e. The SMILES string of the molecule is CN=C(NCCCCN1CCN(c2cccc(C(F)(F)F)c2)CC1)NCCOC.I. The first kappa shape index (κ1) is 26.8. The third-order valence-electron chi connectivity index (χ3n) is 4.93. The van der Waals surface area contributed by atoms with Crippen LogP contribution in [0.2, 0.25) is 0 Å². The van der Waals surface area contributed by atoms with E-state index in [1.807, 2.05) is 4.90 Å². The molecule has 0 aromatic heterocycles. The zero-order valence-corrected chi connectivity index (χ0v) is 20.0. The molecular weight excluding hydrogens is 510 g/mol. The van der Waals surface area contributed by atoms with Gasteiger partial charge in [-0.25, -0.2) is 0 Å². The normalized spacial score (nSPS) is 15.6. The highest BCUT2D eigenvalue weighted by molar-refractivity contribution is 14.0. The second-order valence-corrected chi connectivity index (χ2v) is 7.00. The Kier molecular flexibility index (Phi) is 12.4. The van der Waals surface area contributed by atoms with E-state index in [0.717, 1.165) is 64.1 Å². The van der Waals surface area contributed by atoms with Gasteiger partial charge in [0, 0.05) is 59.1 Å². The minimum atomic E-state index is -4.30. The number of rotatable bonds is 9. The number of nitrogens with one attached hydrogen (secondary N) is 2. The number of hydrogen-bond acceptors (Lipinski definition) is 4. The van der Waals surface area contributed by atoms with Crippen LogP contribution in [0, 0.1) is 0 Å². The summed E-state index contributed by atoms with van der Waals surface area (Å²) in [6.07, 6.45) is -2.21. The number of piperazine rings is 1. The summed E-state index contributed by atoms with van der Waals surface area (Å²) in [7, 11) is 3.41. The summed E-state index contributed by atoms with van der Waals surface area (Å²) >= 11 is 0. The topological polar surface area (TPSA) is 52.1 Å². The average Bonchev–Trinajstić information content (AvgIpc) is 2.72. The van der Waals surface area contributed by atoms with Crippen molar-refractivity contribution in [3.8, 4) is 0 Å². The molecule has 6 nitrogen and oxygen atoms in total. The number of unbranched alkanes of at least 4 members (excludes halogenated alkanes) is 1. The van der Waals surface area contributed by atoms with Gasteiger partial charge in [0.25, 0.3) is 0 Å². The first-order valence-corrected chi connectivity index (χ1v) is 10.0. The second-order valence-electron chi connectivity index (χ2n) is 7.00. The van der Waals surface area contributed by atoms with E-state index in [9.17, 15) is 13.2 Å². The van der Waals surface area contributed by atoms with Crippen molar-refractivity contribution in [3.05, 3.63) is 29.8 Å². The van der Waals surface area contributed by atoms with Crippen LogP contribution in [0.3, 0.4) is 0 Å². The molecule has 1 aromatic rings. The number of anilines is 1. The number of hydrogen-bond donors (Lipinski definition) is 2. The third kappa shape index (κ3) is 9.25.